The molecule has 0 aliphatic heterocycles. The third-order valence-electron chi connectivity index (χ3n) is 3.39. The van der Waals surface area contributed by atoms with Crippen molar-refractivity contribution in [1.29, 1.82) is 0 Å². The van der Waals surface area contributed by atoms with Crippen molar-refractivity contribution in [2.45, 2.75) is 32.2 Å². The Bertz CT molecular complexity index is 568. The summed E-state index contributed by atoms with van der Waals surface area (Å²) in [6.07, 6.45) is 3.55. The van der Waals surface area contributed by atoms with Gasteiger partial charge in [0.1, 0.15) is 0 Å². The molecular weight excluding hydrogens is 326 g/mol. The molecule has 2 rings (SSSR count). The smallest absolute Gasteiger partial charge is 0.220 e. The molecule has 21 heavy (non-hydrogen) atoms. The second kappa shape index (κ2) is 8.63. The van der Waals surface area contributed by atoms with E-state index in [2.05, 4.69) is 33.4 Å². The van der Waals surface area contributed by atoms with E-state index in [-0.39, 0.29) is 5.91 Å². The van der Waals surface area contributed by atoms with Crippen molar-refractivity contribution in [2.24, 2.45) is 0 Å². The average molecular weight is 346 g/mol. The number of benzene rings is 2. The zero-order valence-electron chi connectivity index (χ0n) is 12.0. The lowest BCUT2D eigenvalue weighted by atomic mass is 10.1. The first-order valence-electron chi connectivity index (χ1n) is 7.30. The van der Waals surface area contributed by atoms with Crippen LogP contribution in [0, 0.1) is 0 Å². The third-order valence-corrected chi connectivity index (χ3v) is 4.16. The predicted octanol–water partition coefficient (Wildman–Crippen LogP) is 4.48. The summed E-state index contributed by atoms with van der Waals surface area (Å²) in [4.78, 5) is 11.8. The highest BCUT2D eigenvalue weighted by Crippen LogP contribution is 2.18. The lowest BCUT2D eigenvalue weighted by molar-refractivity contribution is -0.121. The summed E-state index contributed by atoms with van der Waals surface area (Å²) in [5, 5.41) is 2.96. The van der Waals surface area contributed by atoms with Gasteiger partial charge in [-0.3, -0.25) is 4.79 Å². The molecule has 2 aromatic carbocycles. The zero-order valence-corrected chi connectivity index (χ0v) is 13.6. The summed E-state index contributed by atoms with van der Waals surface area (Å²) in [6, 6.07) is 18.2. The molecule has 2 aromatic rings. The minimum Gasteiger partial charge on any atom is -0.352 e. The fourth-order valence-electron chi connectivity index (χ4n) is 2.19. The molecule has 1 N–H and O–H groups in total. The van der Waals surface area contributed by atoms with Crippen LogP contribution in [0.5, 0.6) is 0 Å². The van der Waals surface area contributed by atoms with E-state index in [0.717, 1.165) is 29.3 Å². The molecule has 0 heterocycles. The van der Waals surface area contributed by atoms with Crippen LogP contribution in [0.2, 0.25) is 0 Å². The van der Waals surface area contributed by atoms with Crippen molar-refractivity contribution < 1.29 is 4.79 Å². The molecule has 0 spiro atoms. The van der Waals surface area contributed by atoms with E-state index in [1.54, 1.807) is 0 Å². The maximum absolute atomic E-state index is 11.8. The molecule has 0 bridgehead atoms. The number of aryl methyl sites for hydroxylation is 1. The minimum absolute atomic E-state index is 0.131. The van der Waals surface area contributed by atoms with Gasteiger partial charge < -0.3 is 5.32 Å². The van der Waals surface area contributed by atoms with Crippen molar-refractivity contribution in [2.75, 3.05) is 0 Å². The van der Waals surface area contributed by atoms with Gasteiger partial charge in [0.2, 0.25) is 5.91 Å². The zero-order chi connectivity index (χ0) is 14.9. The maximum atomic E-state index is 11.8. The van der Waals surface area contributed by atoms with Crippen molar-refractivity contribution in [3.05, 3.63) is 70.2 Å². The molecule has 110 valence electrons. The second-order valence-electron chi connectivity index (χ2n) is 5.06. The number of nitrogens with one attached hydrogen (secondary N) is 1. The summed E-state index contributed by atoms with van der Waals surface area (Å²) < 4.78 is 1.15. The Kier molecular flexibility index (Phi) is 6.48. The number of hydrogen-bond donors (Lipinski definition) is 1. The van der Waals surface area contributed by atoms with E-state index >= 15 is 0 Å². The quantitative estimate of drug-likeness (QED) is 0.736. The first kappa shape index (κ1) is 15.8. The Balaban J connectivity index is 1.62. The van der Waals surface area contributed by atoms with E-state index in [4.69, 9.17) is 0 Å². The Morgan fingerprint density at radius 3 is 2.43 bits per heavy atom. The number of carbonyl (C=O) groups excluding carboxylic acids is 1. The van der Waals surface area contributed by atoms with Crippen molar-refractivity contribution in [3.63, 3.8) is 0 Å². The van der Waals surface area contributed by atoms with Crippen LogP contribution < -0.4 is 5.32 Å². The van der Waals surface area contributed by atoms with Gasteiger partial charge in [-0.05, 0) is 36.5 Å². The lowest BCUT2D eigenvalue weighted by Crippen LogP contribution is -2.22. The standard InChI is InChI=1S/C18H20BrNO/c19-17-12-6-4-10-16(17)11-5-7-13-18(21)20-14-15-8-2-1-3-9-15/h1-4,6,8-10,12H,5,7,11,13-14H2,(H,20,21). The largest absolute Gasteiger partial charge is 0.352 e. The van der Waals surface area contributed by atoms with E-state index in [1.165, 1.54) is 5.56 Å². The average Bonchev–Trinajstić information content (AvgIpc) is 2.52. The molecule has 3 heteroatoms. The van der Waals surface area contributed by atoms with Crippen LogP contribution >= 0.6 is 15.9 Å². The molecule has 0 fully saturated rings. The molecule has 0 aliphatic rings. The number of rotatable bonds is 7. The first-order chi connectivity index (χ1) is 10.3. The molecule has 1 amide bonds. The molecule has 0 atom stereocenters. The Morgan fingerprint density at radius 2 is 1.67 bits per heavy atom. The van der Waals surface area contributed by atoms with Crippen LogP contribution in [0.15, 0.2) is 59.1 Å². The van der Waals surface area contributed by atoms with Crippen LogP contribution in [-0.4, -0.2) is 5.91 Å². The van der Waals surface area contributed by atoms with Crippen molar-refractivity contribution in [1.82, 2.24) is 5.32 Å². The summed E-state index contributed by atoms with van der Waals surface area (Å²) in [5.41, 5.74) is 2.45. The molecule has 0 radical (unpaired) electrons. The molecule has 0 saturated heterocycles. The lowest BCUT2D eigenvalue weighted by Gasteiger charge is -2.06. The van der Waals surface area contributed by atoms with Gasteiger partial charge in [-0.15, -0.1) is 0 Å². The van der Waals surface area contributed by atoms with Gasteiger partial charge in [-0.2, -0.15) is 0 Å². The molecule has 0 aliphatic carbocycles. The minimum atomic E-state index is 0.131. The normalized spacial score (nSPS) is 10.3. The number of unbranched alkanes of at least 4 members (excludes halogenated alkanes) is 1. The second-order valence-corrected chi connectivity index (χ2v) is 5.92. The van der Waals surface area contributed by atoms with Crippen LogP contribution in [0.3, 0.4) is 0 Å². The van der Waals surface area contributed by atoms with E-state index < -0.39 is 0 Å². The molecule has 0 saturated carbocycles. The SMILES string of the molecule is O=C(CCCCc1ccccc1Br)NCc1ccccc1. The Morgan fingerprint density at radius 1 is 0.952 bits per heavy atom. The highest BCUT2D eigenvalue weighted by Gasteiger charge is 2.02. The maximum Gasteiger partial charge on any atom is 0.220 e. The molecular formula is C18H20BrNO. The fraction of sp³-hybridized carbons (Fsp3) is 0.278. The summed E-state index contributed by atoms with van der Waals surface area (Å²) in [5.74, 6) is 0.131. The summed E-state index contributed by atoms with van der Waals surface area (Å²) >= 11 is 3.55. The molecule has 0 aromatic heterocycles. The third kappa shape index (κ3) is 5.72. The molecule has 2 nitrogen and oxygen atoms in total. The Labute approximate surface area is 134 Å². The van der Waals surface area contributed by atoms with Crippen LogP contribution in [0.4, 0.5) is 0 Å². The van der Waals surface area contributed by atoms with E-state index in [1.807, 2.05) is 42.5 Å². The van der Waals surface area contributed by atoms with Crippen LogP contribution in [0.1, 0.15) is 30.4 Å². The highest BCUT2D eigenvalue weighted by molar-refractivity contribution is 9.10. The van der Waals surface area contributed by atoms with Gasteiger partial charge in [0.05, 0.1) is 0 Å². The van der Waals surface area contributed by atoms with Gasteiger partial charge in [-0.25, -0.2) is 0 Å². The Hall–Kier alpha value is -1.61. The number of amides is 1. The molecule has 0 unspecified atom stereocenters. The summed E-state index contributed by atoms with van der Waals surface area (Å²) in [7, 11) is 0. The van der Waals surface area contributed by atoms with Crippen LogP contribution in [-0.2, 0) is 17.8 Å². The van der Waals surface area contributed by atoms with Crippen molar-refractivity contribution >= 4 is 21.8 Å². The van der Waals surface area contributed by atoms with Gasteiger partial charge in [-0.1, -0.05) is 64.5 Å². The van der Waals surface area contributed by atoms with Crippen molar-refractivity contribution in [3.8, 4) is 0 Å². The first-order valence-corrected chi connectivity index (χ1v) is 8.09. The van der Waals surface area contributed by atoms with E-state index in [9.17, 15) is 4.79 Å². The van der Waals surface area contributed by atoms with Gasteiger partial charge in [0, 0.05) is 17.4 Å². The van der Waals surface area contributed by atoms with E-state index in [0.29, 0.717) is 13.0 Å². The van der Waals surface area contributed by atoms with Gasteiger partial charge in [0.15, 0.2) is 0 Å². The number of halogens is 1. The monoisotopic (exact) mass is 345 g/mol. The van der Waals surface area contributed by atoms with Gasteiger partial charge >= 0.3 is 0 Å². The summed E-state index contributed by atoms with van der Waals surface area (Å²) in [6.45, 7) is 0.615. The number of hydrogen-bond acceptors (Lipinski definition) is 1. The number of carbonyl (C=O) groups is 1. The van der Waals surface area contributed by atoms with Gasteiger partial charge in [0.25, 0.3) is 0 Å². The fourth-order valence-corrected chi connectivity index (χ4v) is 2.67. The van der Waals surface area contributed by atoms with Crippen LogP contribution in [0.25, 0.3) is 0 Å². The highest BCUT2D eigenvalue weighted by atomic mass is 79.9. The predicted molar refractivity (Wildman–Crippen MR) is 90.0 cm³/mol. The topological polar surface area (TPSA) is 29.1 Å².